The fraction of sp³-hybridized carbons (Fsp3) is 0.286. The Labute approximate surface area is 174 Å². The molecule has 1 heterocycles. The van der Waals surface area contributed by atoms with Gasteiger partial charge in [-0.2, -0.15) is 0 Å². The molecule has 1 N–H and O–H groups in total. The zero-order valence-electron chi connectivity index (χ0n) is 16.1. The van der Waals surface area contributed by atoms with Crippen LogP contribution in [0.25, 0.3) is 0 Å². The first kappa shape index (κ1) is 20.4. The summed E-state index contributed by atoms with van der Waals surface area (Å²) in [5.41, 5.74) is 1.47. The van der Waals surface area contributed by atoms with Gasteiger partial charge in [-0.3, -0.25) is 4.79 Å². The van der Waals surface area contributed by atoms with Crippen LogP contribution in [0.2, 0.25) is 5.02 Å². The van der Waals surface area contributed by atoms with Crippen LogP contribution in [0.4, 0.5) is 0 Å². The van der Waals surface area contributed by atoms with E-state index in [0.717, 1.165) is 22.3 Å². The summed E-state index contributed by atoms with van der Waals surface area (Å²) in [7, 11) is 1.92. The summed E-state index contributed by atoms with van der Waals surface area (Å²) in [6.07, 6.45) is 0. The van der Waals surface area contributed by atoms with Crippen LogP contribution in [-0.2, 0) is 29.6 Å². The number of nitrogens with zero attached hydrogens (tertiary/aromatic N) is 3. The Kier molecular flexibility index (Phi) is 6.42. The zero-order chi connectivity index (χ0) is 20.1. The summed E-state index contributed by atoms with van der Waals surface area (Å²) >= 11 is 7.57. The molecule has 0 atom stereocenters. The first-order chi connectivity index (χ1) is 13.4. The average Bonchev–Trinajstić information content (AvgIpc) is 3.05. The first-order valence-corrected chi connectivity index (χ1v) is 10.3. The van der Waals surface area contributed by atoms with E-state index in [1.807, 2.05) is 55.8 Å². The highest BCUT2D eigenvalue weighted by molar-refractivity contribution is 7.98. The van der Waals surface area contributed by atoms with Gasteiger partial charge in [0.2, 0.25) is 5.91 Å². The molecule has 0 saturated carbocycles. The lowest BCUT2D eigenvalue weighted by atomic mass is 9.84. The number of benzene rings is 2. The van der Waals surface area contributed by atoms with Crippen LogP contribution in [0.1, 0.15) is 30.8 Å². The minimum absolute atomic E-state index is 0.0729. The van der Waals surface area contributed by atoms with Crippen molar-refractivity contribution in [2.24, 2.45) is 7.05 Å². The number of amides is 1. The highest BCUT2D eigenvalue weighted by atomic mass is 35.5. The number of hydrogen-bond donors (Lipinski definition) is 1. The first-order valence-electron chi connectivity index (χ1n) is 8.97. The molecule has 0 radical (unpaired) electrons. The molecule has 28 heavy (non-hydrogen) atoms. The molecule has 7 heteroatoms. The Morgan fingerprint density at radius 2 is 1.79 bits per heavy atom. The highest BCUT2D eigenvalue weighted by Crippen LogP contribution is 2.25. The molecule has 5 nitrogen and oxygen atoms in total. The lowest BCUT2D eigenvalue weighted by molar-refractivity contribution is -0.125. The molecule has 0 fully saturated rings. The Morgan fingerprint density at radius 3 is 2.46 bits per heavy atom. The molecular weight excluding hydrogens is 392 g/mol. The van der Waals surface area contributed by atoms with E-state index in [0.29, 0.717) is 11.6 Å². The van der Waals surface area contributed by atoms with Crippen LogP contribution in [0, 0.1) is 0 Å². The molecular formula is C21H23ClN4OS. The maximum atomic E-state index is 12.7. The second-order valence-electron chi connectivity index (χ2n) is 7.05. The molecule has 0 unspecified atom stereocenters. The van der Waals surface area contributed by atoms with Crippen molar-refractivity contribution in [1.29, 1.82) is 0 Å². The Bertz CT molecular complexity index is 939. The largest absolute Gasteiger partial charge is 0.348 e. The van der Waals surface area contributed by atoms with Crippen molar-refractivity contribution < 1.29 is 4.79 Å². The Balaban J connectivity index is 1.60. The molecule has 0 aliphatic carbocycles. The van der Waals surface area contributed by atoms with Crippen molar-refractivity contribution in [2.75, 3.05) is 0 Å². The van der Waals surface area contributed by atoms with Gasteiger partial charge < -0.3 is 9.88 Å². The molecule has 3 rings (SSSR count). The van der Waals surface area contributed by atoms with Crippen LogP contribution in [-0.4, -0.2) is 20.7 Å². The number of nitrogens with one attached hydrogen (secondary N) is 1. The molecule has 0 bridgehead atoms. The SMILES string of the molecule is Cn1c(CNC(=O)C(C)(C)c2ccc(Cl)cc2)nnc1SCc1ccccc1. The number of aromatic nitrogens is 3. The van der Waals surface area contributed by atoms with E-state index in [1.165, 1.54) is 5.56 Å². The van der Waals surface area contributed by atoms with Gasteiger partial charge in [-0.15, -0.1) is 10.2 Å². The third-order valence-corrected chi connectivity index (χ3v) is 6.02. The molecule has 1 amide bonds. The summed E-state index contributed by atoms with van der Waals surface area (Å²) < 4.78 is 1.92. The molecule has 1 aromatic heterocycles. The molecule has 0 spiro atoms. The molecule has 3 aromatic rings. The Morgan fingerprint density at radius 1 is 1.11 bits per heavy atom. The maximum Gasteiger partial charge on any atom is 0.230 e. The molecule has 2 aromatic carbocycles. The third kappa shape index (κ3) is 4.75. The summed E-state index contributed by atoms with van der Waals surface area (Å²) in [4.78, 5) is 12.7. The average molecular weight is 415 g/mol. The van der Waals surface area contributed by atoms with Gasteiger partial charge in [0.25, 0.3) is 0 Å². The van der Waals surface area contributed by atoms with Crippen molar-refractivity contribution in [3.63, 3.8) is 0 Å². The monoisotopic (exact) mass is 414 g/mol. The molecule has 146 valence electrons. The van der Waals surface area contributed by atoms with Crippen LogP contribution < -0.4 is 5.32 Å². The van der Waals surface area contributed by atoms with Crippen LogP contribution >= 0.6 is 23.4 Å². The van der Waals surface area contributed by atoms with Gasteiger partial charge in [0, 0.05) is 17.8 Å². The predicted molar refractivity (Wildman–Crippen MR) is 113 cm³/mol. The smallest absolute Gasteiger partial charge is 0.230 e. The van der Waals surface area contributed by atoms with Crippen LogP contribution in [0.3, 0.4) is 0 Å². The fourth-order valence-electron chi connectivity index (χ4n) is 2.72. The van der Waals surface area contributed by atoms with Crippen LogP contribution in [0.5, 0.6) is 0 Å². The fourth-order valence-corrected chi connectivity index (χ4v) is 3.74. The van der Waals surface area contributed by atoms with E-state index in [9.17, 15) is 4.79 Å². The van der Waals surface area contributed by atoms with Gasteiger partial charge in [0.15, 0.2) is 11.0 Å². The summed E-state index contributed by atoms with van der Waals surface area (Å²) in [6, 6.07) is 17.6. The van der Waals surface area contributed by atoms with Gasteiger partial charge in [-0.05, 0) is 37.1 Å². The molecule has 0 saturated heterocycles. The summed E-state index contributed by atoms with van der Waals surface area (Å²) in [6.45, 7) is 4.11. The number of thioether (sulfide) groups is 1. The van der Waals surface area contributed by atoms with E-state index in [1.54, 1.807) is 23.9 Å². The summed E-state index contributed by atoms with van der Waals surface area (Å²) in [5.74, 6) is 1.47. The van der Waals surface area contributed by atoms with Gasteiger partial charge in [0.05, 0.1) is 12.0 Å². The lowest BCUT2D eigenvalue weighted by Gasteiger charge is -2.24. The van der Waals surface area contributed by atoms with E-state index in [4.69, 9.17) is 11.6 Å². The van der Waals surface area contributed by atoms with Gasteiger partial charge in [0.1, 0.15) is 0 Å². The quantitative estimate of drug-likeness (QED) is 0.583. The van der Waals surface area contributed by atoms with E-state index in [-0.39, 0.29) is 5.91 Å². The van der Waals surface area contributed by atoms with Crippen molar-refractivity contribution in [2.45, 2.75) is 36.7 Å². The van der Waals surface area contributed by atoms with Crippen molar-refractivity contribution in [3.8, 4) is 0 Å². The maximum absolute atomic E-state index is 12.7. The van der Waals surface area contributed by atoms with E-state index < -0.39 is 5.41 Å². The number of halogens is 1. The van der Waals surface area contributed by atoms with Crippen molar-refractivity contribution >= 4 is 29.3 Å². The number of hydrogen-bond acceptors (Lipinski definition) is 4. The zero-order valence-corrected chi connectivity index (χ0v) is 17.7. The van der Waals surface area contributed by atoms with Crippen molar-refractivity contribution in [1.82, 2.24) is 20.1 Å². The van der Waals surface area contributed by atoms with Gasteiger partial charge in [-0.25, -0.2) is 0 Å². The van der Waals surface area contributed by atoms with E-state index >= 15 is 0 Å². The standard InChI is InChI=1S/C21H23ClN4OS/c1-21(2,16-9-11-17(22)12-10-16)19(27)23-13-18-24-25-20(26(18)3)28-14-15-7-5-4-6-8-15/h4-12H,13-14H2,1-3H3,(H,23,27). The topological polar surface area (TPSA) is 59.8 Å². The number of carbonyl (C=O) groups is 1. The van der Waals surface area contributed by atoms with Gasteiger partial charge in [-0.1, -0.05) is 65.8 Å². The predicted octanol–water partition coefficient (Wildman–Crippen LogP) is 4.35. The van der Waals surface area contributed by atoms with E-state index in [2.05, 4.69) is 27.6 Å². The lowest BCUT2D eigenvalue weighted by Crippen LogP contribution is -2.40. The third-order valence-electron chi connectivity index (χ3n) is 4.68. The van der Waals surface area contributed by atoms with Crippen LogP contribution in [0.15, 0.2) is 59.8 Å². The normalized spacial score (nSPS) is 11.4. The number of rotatable bonds is 7. The second kappa shape index (κ2) is 8.80. The minimum Gasteiger partial charge on any atom is -0.348 e. The van der Waals surface area contributed by atoms with Crippen molar-refractivity contribution in [3.05, 3.63) is 76.6 Å². The summed E-state index contributed by atoms with van der Waals surface area (Å²) in [5, 5.41) is 12.9. The minimum atomic E-state index is -0.673. The van der Waals surface area contributed by atoms with Gasteiger partial charge >= 0.3 is 0 Å². The highest BCUT2D eigenvalue weighted by Gasteiger charge is 2.29. The second-order valence-corrected chi connectivity index (χ2v) is 8.43. The number of carbonyl (C=O) groups excluding carboxylic acids is 1. The molecule has 0 aliphatic rings. The molecule has 0 aliphatic heterocycles. The Hall–Kier alpha value is -2.31.